The second kappa shape index (κ2) is 3.59. The fourth-order valence-electron chi connectivity index (χ4n) is 1.63. The SMILES string of the molecule is [NH]C(=O)CCC1CCCC1. The van der Waals surface area contributed by atoms with Crippen molar-refractivity contribution < 1.29 is 4.79 Å². The predicted octanol–water partition coefficient (Wildman–Crippen LogP) is 1.77. The van der Waals surface area contributed by atoms with E-state index >= 15 is 0 Å². The van der Waals surface area contributed by atoms with Crippen LogP contribution in [0.3, 0.4) is 0 Å². The summed E-state index contributed by atoms with van der Waals surface area (Å²) < 4.78 is 0. The predicted molar refractivity (Wildman–Crippen MR) is 39.3 cm³/mol. The molecule has 0 spiro atoms. The highest BCUT2D eigenvalue weighted by Crippen LogP contribution is 2.28. The molecule has 2 nitrogen and oxygen atoms in total. The highest BCUT2D eigenvalue weighted by atomic mass is 16.1. The van der Waals surface area contributed by atoms with Gasteiger partial charge >= 0.3 is 0 Å². The molecule has 0 aromatic heterocycles. The Balaban J connectivity index is 2.07. The molecule has 0 heterocycles. The van der Waals surface area contributed by atoms with Crippen LogP contribution in [0, 0.1) is 5.92 Å². The van der Waals surface area contributed by atoms with Crippen LogP contribution in [0.2, 0.25) is 0 Å². The van der Waals surface area contributed by atoms with Gasteiger partial charge in [-0.15, -0.1) is 0 Å². The first-order valence-corrected chi connectivity index (χ1v) is 4.03. The van der Waals surface area contributed by atoms with Gasteiger partial charge in [0.05, 0.1) is 0 Å². The van der Waals surface area contributed by atoms with Crippen LogP contribution in [0.25, 0.3) is 0 Å². The molecule has 0 aliphatic heterocycles. The first-order chi connectivity index (χ1) is 4.79. The van der Waals surface area contributed by atoms with Crippen LogP contribution < -0.4 is 5.73 Å². The Hall–Kier alpha value is -0.530. The van der Waals surface area contributed by atoms with Crippen molar-refractivity contribution in [1.29, 1.82) is 0 Å². The average Bonchev–Trinajstić information content (AvgIpc) is 2.34. The normalized spacial score (nSPS) is 19.6. The highest BCUT2D eigenvalue weighted by Gasteiger charge is 2.14. The van der Waals surface area contributed by atoms with Crippen LogP contribution in [-0.2, 0) is 4.79 Å². The van der Waals surface area contributed by atoms with Gasteiger partial charge in [-0.2, -0.15) is 0 Å². The molecule has 0 unspecified atom stereocenters. The summed E-state index contributed by atoms with van der Waals surface area (Å²) in [6.07, 6.45) is 6.67. The van der Waals surface area contributed by atoms with Crippen LogP contribution in [0.1, 0.15) is 38.5 Å². The third kappa shape index (κ3) is 2.38. The Bertz CT molecular complexity index is 116. The Morgan fingerprint density at radius 2 is 2.00 bits per heavy atom. The van der Waals surface area contributed by atoms with Crippen molar-refractivity contribution in [3.63, 3.8) is 0 Å². The number of hydrogen-bond donors (Lipinski definition) is 0. The molecule has 0 bridgehead atoms. The van der Waals surface area contributed by atoms with E-state index in [-0.39, 0.29) is 0 Å². The van der Waals surface area contributed by atoms with Gasteiger partial charge in [0.15, 0.2) is 0 Å². The summed E-state index contributed by atoms with van der Waals surface area (Å²) in [6, 6.07) is 0. The summed E-state index contributed by atoms with van der Waals surface area (Å²) in [5.74, 6) is 0.362. The monoisotopic (exact) mass is 140 g/mol. The average molecular weight is 140 g/mol. The third-order valence-electron chi connectivity index (χ3n) is 2.25. The van der Waals surface area contributed by atoms with Crippen molar-refractivity contribution in [2.75, 3.05) is 0 Å². The summed E-state index contributed by atoms with van der Waals surface area (Å²) in [5.41, 5.74) is 6.70. The lowest BCUT2D eigenvalue weighted by molar-refractivity contribution is -0.118. The van der Waals surface area contributed by atoms with Gasteiger partial charge in [-0.3, -0.25) is 10.5 Å². The fraction of sp³-hybridized carbons (Fsp3) is 0.875. The number of nitrogens with one attached hydrogen (secondary N) is 1. The maximum absolute atomic E-state index is 10.3. The minimum Gasteiger partial charge on any atom is -0.273 e. The van der Waals surface area contributed by atoms with E-state index in [2.05, 4.69) is 0 Å². The summed E-state index contributed by atoms with van der Waals surface area (Å²) in [4.78, 5) is 10.3. The zero-order valence-electron chi connectivity index (χ0n) is 6.23. The lowest BCUT2D eigenvalue weighted by Gasteiger charge is -2.04. The lowest BCUT2D eigenvalue weighted by Crippen LogP contribution is -2.01. The molecule has 1 N–H and O–H groups in total. The Kier molecular flexibility index (Phi) is 2.72. The van der Waals surface area contributed by atoms with Crippen molar-refractivity contribution in [3.05, 3.63) is 0 Å². The van der Waals surface area contributed by atoms with E-state index in [0.29, 0.717) is 6.42 Å². The topological polar surface area (TPSA) is 40.9 Å². The van der Waals surface area contributed by atoms with Crippen molar-refractivity contribution in [2.45, 2.75) is 38.5 Å². The molecule has 0 aromatic carbocycles. The summed E-state index contributed by atoms with van der Waals surface area (Å²) in [5, 5.41) is 0. The van der Waals surface area contributed by atoms with Gasteiger partial charge in [0.1, 0.15) is 0 Å². The molecule has 2 heteroatoms. The minimum atomic E-state index is -0.396. The maximum atomic E-state index is 10.3. The molecule has 1 aliphatic carbocycles. The zero-order chi connectivity index (χ0) is 7.40. The second-order valence-corrected chi connectivity index (χ2v) is 3.11. The van der Waals surface area contributed by atoms with Crippen LogP contribution in [0.5, 0.6) is 0 Å². The van der Waals surface area contributed by atoms with Crippen molar-refractivity contribution in [3.8, 4) is 0 Å². The summed E-state index contributed by atoms with van der Waals surface area (Å²) in [6.45, 7) is 0. The highest BCUT2D eigenvalue weighted by molar-refractivity contribution is 5.72. The van der Waals surface area contributed by atoms with Crippen LogP contribution >= 0.6 is 0 Å². The molecular weight excluding hydrogens is 126 g/mol. The molecule has 1 fully saturated rings. The molecular formula is C8H14NO. The van der Waals surface area contributed by atoms with Crippen LogP contribution in [0.4, 0.5) is 0 Å². The standard InChI is InChI=1S/C8H14NO/c9-8(10)6-5-7-3-1-2-4-7/h7,9H,1-6H2. The molecule has 0 aromatic rings. The molecule has 0 atom stereocenters. The second-order valence-electron chi connectivity index (χ2n) is 3.11. The Labute approximate surface area is 61.8 Å². The molecule has 0 saturated heterocycles. The van der Waals surface area contributed by atoms with Gasteiger partial charge in [0.25, 0.3) is 0 Å². The first-order valence-electron chi connectivity index (χ1n) is 4.03. The van der Waals surface area contributed by atoms with Crippen LogP contribution in [-0.4, -0.2) is 5.91 Å². The van der Waals surface area contributed by atoms with Gasteiger partial charge in [0.2, 0.25) is 5.91 Å². The van der Waals surface area contributed by atoms with Crippen LogP contribution in [0.15, 0.2) is 0 Å². The van der Waals surface area contributed by atoms with Crippen molar-refractivity contribution in [1.82, 2.24) is 5.73 Å². The van der Waals surface area contributed by atoms with Gasteiger partial charge < -0.3 is 0 Å². The largest absolute Gasteiger partial charge is 0.273 e. The summed E-state index contributed by atoms with van der Waals surface area (Å²) >= 11 is 0. The van der Waals surface area contributed by atoms with Gasteiger partial charge in [-0.25, -0.2) is 0 Å². The zero-order valence-corrected chi connectivity index (χ0v) is 6.23. The first kappa shape index (κ1) is 7.58. The van der Waals surface area contributed by atoms with Crippen molar-refractivity contribution >= 4 is 5.91 Å². The Morgan fingerprint density at radius 1 is 1.40 bits per heavy atom. The van der Waals surface area contributed by atoms with E-state index in [0.717, 1.165) is 12.3 Å². The minimum absolute atomic E-state index is 0.396. The van der Waals surface area contributed by atoms with Gasteiger partial charge in [0, 0.05) is 6.42 Å². The van der Waals surface area contributed by atoms with E-state index in [1.54, 1.807) is 0 Å². The molecule has 1 saturated carbocycles. The molecule has 1 aliphatic rings. The van der Waals surface area contributed by atoms with E-state index in [4.69, 9.17) is 5.73 Å². The van der Waals surface area contributed by atoms with E-state index in [1.807, 2.05) is 0 Å². The van der Waals surface area contributed by atoms with E-state index in [9.17, 15) is 4.79 Å². The maximum Gasteiger partial charge on any atom is 0.238 e. The van der Waals surface area contributed by atoms with Crippen molar-refractivity contribution in [2.24, 2.45) is 5.92 Å². The fourth-order valence-corrected chi connectivity index (χ4v) is 1.63. The lowest BCUT2D eigenvalue weighted by atomic mass is 10.0. The molecule has 1 amide bonds. The van der Waals surface area contributed by atoms with E-state index < -0.39 is 5.91 Å². The third-order valence-corrected chi connectivity index (χ3v) is 2.25. The van der Waals surface area contributed by atoms with Gasteiger partial charge in [-0.05, 0) is 12.3 Å². The van der Waals surface area contributed by atoms with Gasteiger partial charge in [-0.1, -0.05) is 25.7 Å². The number of carbonyl (C=O) groups is 1. The molecule has 1 radical (unpaired) electrons. The number of hydrogen-bond acceptors (Lipinski definition) is 1. The molecule has 57 valence electrons. The Morgan fingerprint density at radius 3 is 2.50 bits per heavy atom. The summed E-state index contributed by atoms with van der Waals surface area (Å²) in [7, 11) is 0. The smallest absolute Gasteiger partial charge is 0.238 e. The van der Waals surface area contributed by atoms with E-state index in [1.165, 1.54) is 25.7 Å². The quantitative estimate of drug-likeness (QED) is 0.589. The number of amides is 1. The molecule has 10 heavy (non-hydrogen) atoms. The number of rotatable bonds is 3. The molecule has 1 rings (SSSR count). The number of carbonyl (C=O) groups excluding carboxylic acids is 1.